The van der Waals surface area contributed by atoms with Gasteiger partial charge in [0.25, 0.3) is 0 Å². The SMILES string of the molecule is CCOC(c1nsc(NC2CC2)n1)C1CC1. The first-order valence-electron chi connectivity index (χ1n) is 6.08. The second-order valence-corrected chi connectivity index (χ2v) is 5.34. The van der Waals surface area contributed by atoms with Gasteiger partial charge in [-0.1, -0.05) is 0 Å². The van der Waals surface area contributed by atoms with Gasteiger partial charge in [0.15, 0.2) is 5.82 Å². The predicted molar refractivity (Wildman–Crippen MR) is 63.6 cm³/mol. The summed E-state index contributed by atoms with van der Waals surface area (Å²) in [7, 11) is 0. The summed E-state index contributed by atoms with van der Waals surface area (Å²) in [4.78, 5) is 4.54. The Kier molecular flexibility index (Phi) is 2.81. The minimum Gasteiger partial charge on any atom is -0.370 e. The molecule has 1 N–H and O–H groups in total. The van der Waals surface area contributed by atoms with E-state index in [2.05, 4.69) is 14.7 Å². The summed E-state index contributed by atoms with van der Waals surface area (Å²) < 4.78 is 10.2. The molecule has 0 aliphatic heterocycles. The summed E-state index contributed by atoms with van der Waals surface area (Å²) in [5.41, 5.74) is 0. The molecule has 0 spiro atoms. The van der Waals surface area contributed by atoms with Crippen molar-refractivity contribution in [3.63, 3.8) is 0 Å². The van der Waals surface area contributed by atoms with Crippen LogP contribution in [0.3, 0.4) is 0 Å². The van der Waals surface area contributed by atoms with Gasteiger partial charge in [-0.2, -0.15) is 4.37 Å². The molecule has 3 rings (SSSR count). The number of aromatic nitrogens is 2. The van der Waals surface area contributed by atoms with Crippen LogP contribution in [0, 0.1) is 5.92 Å². The Labute approximate surface area is 99.6 Å². The lowest BCUT2D eigenvalue weighted by Crippen LogP contribution is -2.09. The van der Waals surface area contributed by atoms with Crippen molar-refractivity contribution in [1.82, 2.24) is 9.36 Å². The van der Waals surface area contributed by atoms with Gasteiger partial charge in [-0.05, 0) is 38.5 Å². The summed E-state index contributed by atoms with van der Waals surface area (Å²) >= 11 is 1.47. The summed E-state index contributed by atoms with van der Waals surface area (Å²) in [6.45, 7) is 2.77. The molecule has 2 saturated carbocycles. The Bertz CT molecular complexity index is 360. The largest absolute Gasteiger partial charge is 0.370 e. The maximum atomic E-state index is 5.74. The number of hydrogen-bond donors (Lipinski definition) is 1. The fourth-order valence-corrected chi connectivity index (χ4v) is 2.49. The molecule has 2 aliphatic rings. The Morgan fingerprint density at radius 1 is 1.44 bits per heavy atom. The van der Waals surface area contributed by atoms with Crippen LogP contribution in [0.4, 0.5) is 5.13 Å². The summed E-state index contributed by atoms with van der Waals surface area (Å²) in [5.74, 6) is 1.54. The number of ether oxygens (including phenoxy) is 1. The third-order valence-electron chi connectivity index (χ3n) is 3.00. The molecule has 16 heavy (non-hydrogen) atoms. The fourth-order valence-electron chi connectivity index (χ4n) is 1.81. The second-order valence-electron chi connectivity index (χ2n) is 4.59. The van der Waals surface area contributed by atoms with Gasteiger partial charge in [0.05, 0.1) is 0 Å². The maximum absolute atomic E-state index is 5.74. The van der Waals surface area contributed by atoms with E-state index in [1.165, 1.54) is 37.2 Å². The molecule has 1 heterocycles. The average molecular weight is 239 g/mol. The highest BCUT2D eigenvalue weighted by Gasteiger charge is 2.35. The van der Waals surface area contributed by atoms with Crippen LogP contribution < -0.4 is 5.32 Å². The first-order chi connectivity index (χ1) is 7.86. The fraction of sp³-hybridized carbons (Fsp3) is 0.818. The first-order valence-corrected chi connectivity index (χ1v) is 6.86. The van der Waals surface area contributed by atoms with Crippen molar-refractivity contribution in [3.05, 3.63) is 5.82 Å². The second kappa shape index (κ2) is 4.30. The van der Waals surface area contributed by atoms with Gasteiger partial charge < -0.3 is 10.1 Å². The molecule has 0 saturated heterocycles. The Balaban J connectivity index is 1.67. The van der Waals surface area contributed by atoms with E-state index in [9.17, 15) is 0 Å². The number of rotatable bonds is 6. The minimum atomic E-state index is 0.135. The standard InChI is InChI=1S/C11H17N3OS/c1-2-15-9(7-3-4-7)10-13-11(16-14-10)12-8-5-6-8/h7-9H,2-6H2,1H3,(H,12,13,14). The van der Waals surface area contributed by atoms with Gasteiger partial charge in [-0.3, -0.25) is 0 Å². The zero-order valence-electron chi connectivity index (χ0n) is 9.48. The zero-order chi connectivity index (χ0) is 11.0. The lowest BCUT2D eigenvalue weighted by molar-refractivity contribution is 0.0409. The molecule has 0 radical (unpaired) electrons. The number of nitrogens with zero attached hydrogens (tertiary/aromatic N) is 2. The molecule has 1 aromatic rings. The molecule has 2 fully saturated rings. The quantitative estimate of drug-likeness (QED) is 0.829. The molecular formula is C11H17N3OS. The van der Waals surface area contributed by atoms with Gasteiger partial charge in [-0.25, -0.2) is 4.98 Å². The van der Waals surface area contributed by atoms with Crippen LogP contribution in [0.5, 0.6) is 0 Å². The van der Waals surface area contributed by atoms with Crippen molar-refractivity contribution in [3.8, 4) is 0 Å². The molecule has 2 aliphatic carbocycles. The van der Waals surface area contributed by atoms with E-state index in [0.29, 0.717) is 12.0 Å². The lowest BCUT2D eigenvalue weighted by atomic mass is 10.2. The Morgan fingerprint density at radius 3 is 2.88 bits per heavy atom. The molecular weight excluding hydrogens is 222 g/mol. The highest BCUT2D eigenvalue weighted by molar-refractivity contribution is 7.09. The molecule has 4 nitrogen and oxygen atoms in total. The molecule has 1 unspecified atom stereocenters. The number of hydrogen-bond acceptors (Lipinski definition) is 5. The molecule has 0 aromatic carbocycles. The summed E-state index contributed by atoms with van der Waals surface area (Å²) in [5, 5.41) is 4.34. The van der Waals surface area contributed by atoms with Crippen molar-refractivity contribution < 1.29 is 4.74 Å². The maximum Gasteiger partial charge on any atom is 0.202 e. The van der Waals surface area contributed by atoms with Crippen LogP contribution in [0.2, 0.25) is 0 Å². The predicted octanol–water partition coefficient (Wildman–Crippen LogP) is 2.60. The molecule has 1 atom stereocenters. The Morgan fingerprint density at radius 2 is 2.25 bits per heavy atom. The Hall–Kier alpha value is -0.680. The molecule has 1 aromatic heterocycles. The van der Waals surface area contributed by atoms with Crippen LogP contribution in [0.25, 0.3) is 0 Å². The van der Waals surface area contributed by atoms with E-state index in [0.717, 1.165) is 17.6 Å². The summed E-state index contributed by atoms with van der Waals surface area (Å²) in [6, 6.07) is 0.646. The third kappa shape index (κ3) is 2.35. The van der Waals surface area contributed by atoms with Crippen molar-refractivity contribution in [2.24, 2.45) is 5.92 Å². The van der Waals surface area contributed by atoms with Crippen molar-refractivity contribution >= 4 is 16.7 Å². The highest BCUT2D eigenvalue weighted by atomic mass is 32.1. The number of nitrogens with one attached hydrogen (secondary N) is 1. The van der Waals surface area contributed by atoms with Crippen molar-refractivity contribution in [2.45, 2.75) is 44.8 Å². The van der Waals surface area contributed by atoms with Crippen LogP contribution in [-0.4, -0.2) is 22.0 Å². The van der Waals surface area contributed by atoms with Gasteiger partial charge in [0, 0.05) is 24.2 Å². The van der Waals surface area contributed by atoms with Crippen molar-refractivity contribution in [2.75, 3.05) is 11.9 Å². The zero-order valence-corrected chi connectivity index (χ0v) is 10.3. The molecule has 0 bridgehead atoms. The monoisotopic (exact) mass is 239 g/mol. The molecule has 5 heteroatoms. The van der Waals surface area contributed by atoms with E-state index in [-0.39, 0.29) is 6.10 Å². The third-order valence-corrected chi connectivity index (χ3v) is 3.66. The van der Waals surface area contributed by atoms with Crippen LogP contribution >= 0.6 is 11.5 Å². The van der Waals surface area contributed by atoms with Crippen LogP contribution in [0.15, 0.2) is 0 Å². The van der Waals surface area contributed by atoms with E-state index < -0.39 is 0 Å². The molecule has 0 amide bonds. The average Bonchev–Trinajstić information content (AvgIpc) is 3.15. The first kappa shape index (κ1) is 10.5. The van der Waals surface area contributed by atoms with Gasteiger partial charge in [0.2, 0.25) is 5.13 Å². The molecule has 88 valence electrons. The topological polar surface area (TPSA) is 47.0 Å². The van der Waals surface area contributed by atoms with E-state index in [4.69, 9.17) is 4.74 Å². The normalized spacial score (nSPS) is 22.1. The van der Waals surface area contributed by atoms with Crippen LogP contribution in [0.1, 0.15) is 44.5 Å². The number of anilines is 1. The minimum absolute atomic E-state index is 0.135. The van der Waals surface area contributed by atoms with Gasteiger partial charge in [0.1, 0.15) is 6.10 Å². The van der Waals surface area contributed by atoms with Gasteiger partial charge in [-0.15, -0.1) is 0 Å². The van der Waals surface area contributed by atoms with Crippen molar-refractivity contribution in [1.29, 1.82) is 0 Å². The van der Waals surface area contributed by atoms with E-state index >= 15 is 0 Å². The summed E-state index contributed by atoms with van der Waals surface area (Å²) in [6.07, 6.45) is 5.19. The van der Waals surface area contributed by atoms with E-state index in [1.54, 1.807) is 0 Å². The lowest BCUT2D eigenvalue weighted by Gasteiger charge is -2.11. The highest BCUT2D eigenvalue weighted by Crippen LogP contribution is 2.43. The van der Waals surface area contributed by atoms with Crippen LogP contribution in [-0.2, 0) is 4.74 Å². The van der Waals surface area contributed by atoms with E-state index in [1.807, 2.05) is 6.92 Å². The smallest absolute Gasteiger partial charge is 0.202 e. The van der Waals surface area contributed by atoms with Gasteiger partial charge >= 0.3 is 0 Å².